The van der Waals surface area contributed by atoms with E-state index in [4.69, 9.17) is 5.11 Å². The van der Waals surface area contributed by atoms with E-state index >= 15 is 0 Å². The summed E-state index contributed by atoms with van der Waals surface area (Å²) in [6.45, 7) is 0.270. The molecule has 0 bridgehead atoms. The molecule has 0 aliphatic rings. The molecule has 0 spiro atoms. The lowest BCUT2D eigenvalue weighted by Crippen LogP contribution is -2.15. The fourth-order valence-electron chi connectivity index (χ4n) is 1.53. The molecular formula is C10H8F4O3. The quantitative estimate of drug-likeness (QED) is 0.662. The van der Waals surface area contributed by atoms with Gasteiger partial charge in [-0.05, 0) is 6.42 Å². The third-order valence-corrected chi connectivity index (χ3v) is 2.30. The van der Waals surface area contributed by atoms with Crippen molar-refractivity contribution in [2.75, 3.05) is 0 Å². The molecule has 7 heteroatoms. The Hall–Kier alpha value is -1.63. The van der Waals surface area contributed by atoms with Crippen LogP contribution >= 0.6 is 0 Å². The largest absolute Gasteiger partial charge is 0.392 e. The van der Waals surface area contributed by atoms with Crippen molar-refractivity contribution >= 4 is 5.97 Å². The van der Waals surface area contributed by atoms with Crippen LogP contribution in [0.4, 0.5) is 17.7 Å². The number of halogens is 4. The van der Waals surface area contributed by atoms with Crippen molar-refractivity contribution in [3.63, 3.8) is 0 Å². The minimum Gasteiger partial charge on any atom is -0.392 e. The van der Waals surface area contributed by atoms with Gasteiger partial charge in [0.05, 0.1) is 12.2 Å². The van der Waals surface area contributed by atoms with E-state index in [1.807, 2.05) is 0 Å². The molecule has 1 aromatic carbocycles. The Labute approximate surface area is 93.5 Å². The molecule has 0 aromatic heterocycles. The Morgan fingerprint density at radius 1 is 1.18 bits per heavy atom. The lowest BCUT2D eigenvalue weighted by Gasteiger charge is -2.12. The molecular weight excluding hydrogens is 244 g/mol. The second-order valence-corrected chi connectivity index (χ2v) is 3.15. The summed E-state index contributed by atoms with van der Waals surface area (Å²) in [7, 11) is 0. The molecule has 0 aliphatic carbocycles. The van der Waals surface area contributed by atoms with E-state index in [0.717, 1.165) is 0 Å². The van der Waals surface area contributed by atoms with Crippen LogP contribution in [0.15, 0.2) is 0 Å². The number of rotatable bonds is 3. The normalized spacial score (nSPS) is 10.5. The first kappa shape index (κ1) is 13.4. The Morgan fingerprint density at radius 2 is 1.71 bits per heavy atom. The van der Waals surface area contributed by atoms with Gasteiger partial charge >= 0.3 is 5.97 Å². The number of aliphatic hydroxyl groups excluding tert-OH is 1. The van der Waals surface area contributed by atoms with Crippen LogP contribution in [-0.4, -0.2) is 11.1 Å². The molecule has 0 saturated carbocycles. The molecule has 0 saturated heterocycles. The van der Waals surface area contributed by atoms with Gasteiger partial charge in [0, 0.05) is 15.7 Å². The zero-order chi connectivity index (χ0) is 13.2. The smallest absolute Gasteiger partial charge is 0.380 e. The molecule has 0 heterocycles. The molecule has 1 aromatic rings. The molecule has 1 rings (SSSR count). The lowest BCUT2D eigenvalue weighted by molar-refractivity contribution is -0.0791. The van der Waals surface area contributed by atoms with E-state index in [-0.39, 0.29) is 6.42 Å². The van der Waals surface area contributed by atoms with Crippen LogP contribution in [0.3, 0.4) is 0 Å². The lowest BCUT2D eigenvalue weighted by atomic mass is 9.98. The first-order chi connectivity index (χ1) is 7.99. The van der Waals surface area contributed by atoms with Gasteiger partial charge in [-0.25, -0.2) is 22.9 Å². The van der Waals surface area contributed by atoms with Crippen LogP contribution in [0.2, 0.25) is 0 Å². The number of hydrogen-bond donors (Lipinski definition) is 1. The van der Waals surface area contributed by atoms with Gasteiger partial charge in [-0.3, -0.25) is 0 Å². The summed E-state index contributed by atoms with van der Waals surface area (Å²) >= 11 is 0. The molecule has 0 aliphatic heterocycles. The number of aliphatic hydroxyl groups is 1. The highest BCUT2D eigenvalue weighted by Gasteiger charge is 2.28. The van der Waals surface area contributed by atoms with E-state index in [1.165, 1.54) is 6.92 Å². The van der Waals surface area contributed by atoms with Gasteiger partial charge in [-0.15, -0.1) is 0 Å². The summed E-state index contributed by atoms with van der Waals surface area (Å²) in [4.78, 5) is 13.9. The zero-order valence-electron chi connectivity index (χ0n) is 8.69. The first-order valence-corrected chi connectivity index (χ1v) is 4.61. The first-order valence-electron chi connectivity index (χ1n) is 4.61. The molecule has 1 N–H and O–H groups in total. The Morgan fingerprint density at radius 3 is 2.12 bits per heavy atom. The second-order valence-electron chi connectivity index (χ2n) is 3.15. The van der Waals surface area contributed by atoms with Crippen LogP contribution in [0, 0.1) is 17.5 Å². The van der Waals surface area contributed by atoms with Crippen LogP contribution in [0.5, 0.6) is 0 Å². The van der Waals surface area contributed by atoms with E-state index < -0.39 is 46.7 Å². The van der Waals surface area contributed by atoms with Gasteiger partial charge < -0.3 is 5.11 Å². The van der Waals surface area contributed by atoms with Crippen LogP contribution in [-0.2, 0) is 18.0 Å². The van der Waals surface area contributed by atoms with Crippen LogP contribution in [0.25, 0.3) is 0 Å². The van der Waals surface area contributed by atoms with Crippen LogP contribution < -0.4 is 0 Å². The molecule has 0 atom stereocenters. The molecule has 0 fully saturated rings. The van der Waals surface area contributed by atoms with Crippen molar-refractivity contribution in [1.29, 1.82) is 0 Å². The highest BCUT2D eigenvalue weighted by molar-refractivity contribution is 5.92. The maximum absolute atomic E-state index is 13.3. The second kappa shape index (κ2) is 5.13. The van der Waals surface area contributed by atoms with Crippen molar-refractivity contribution in [1.82, 2.24) is 0 Å². The number of carbonyl (C=O) groups is 1. The monoisotopic (exact) mass is 252 g/mol. The Bertz CT molecular complexity index is 428. The van der Waals surface area contributed by atoms with E-state index in [2.05, 4.69) is 4.94 Å². The summed E-state index contributed by atoms with van der Waals surface area (Å²) in [5.41, 5.74) is -2.20. The summed E-state index contributed by atoms with van der Waals surface area (Å²) in [5, 5.41) is 8.82. The fourth-order valence-corrected chi connectivity index (χ4v) is 1.53. The maximum Gasteiger partial charge on any atom is 0.380 e. The van der Waals surface area contributed by atoms with Crippen molar-refractivity contribution < 1.29 is 32.5 Å². The average molecular weight is 252 g/mol. The molecule has 0 amide bonds. The van der Waals surface area contributed by atoms with Gasteiger partial charge in [0.2, 0.25) is 0 Å². The van der Waals surface area contributed by atoms with E-state index in [9.17, 15) is 22.5 Å². The highest BCUT2D eigenvalue weighted by atomic mass is 19.3. The van der Waals surface area contributed by atoms with Gasteiger partial charge in [0.15, 0.2) is 17.5 Å². The highest BCUT2D eigenvalue weighted by Crippen LogP contribution is 2.26. The van der Waals surface area contributed by atoms with Gasteiger partial charge in [-0.1, -0.05) is 6.92 Å². The van der Waals surface area contributed by atoms with Crippen molar-refractivity contribution in [2.24, 2.45) is 0 Å². The molecule has 0 radical (unpaired) electrons. The van der Waals surface area contributed by atoms with Gasteiger partial charge in [-0.2, -0.15) is 0 Å². The maximum atomic E-state index is 13.3. The number of carbonyl (C=O) groups excluding carboxylic acids is 1. The Balaban J connectivity index is 3.69. The Kier molecular flexibility index (Phi) is 4.06. The molecule has 0 unspecified atom stereocenters. The number of benzene rings is 1. The van der Waals surface area contributed by atoms with Crippen molar-refractivity contribution in [3.8, 4) is 0 Å². The molecule has 3 nitrogen and oxygen atoms in total. The van der Waals surface area contributed by atoms with Gasteiger partial charge in [0.1, 0.15) is 0 Å². The van der Waals surface area contributed by atoms with Crippen molar-refractivity contribution in [3.05, 3.63) is 34.1 Å². The summed E-state index contributed by atoms with van der Waals surface area (Å²) in [6, 6.07) is 0. The molecule has 17 heavy (non-hydrogen) atoms. The minimum absolute atomic E-state index is 0.194. The third-order valence-electron chi connectivity index (χ3n) is 2.30. The van der Waals surface area contributed by atoms with Gasteiger partial charge in [0.25, 0.3) is 0 Å². The fraction of sp³-hybridized carbons (Fsp3) is 0.300. The average Bonchev–Trinajstić information content (AvgIpc) is 2.34. The summed E-state index contributed by atoms with van der Waals surface area (Å²) in [5.74, 6) is -6.82. The zero-order valence-corrected chi connectivity index (χ0v) is 8.69. The van der Waals surface area contributed by atoms with E-state index in [0.29, 0.717) is 0 Å². The summed E-state index contributed by atoms with van der Waals surface area (Å²) in [6.07, 6.45) is -0.194. The predicted octanol–water partition coefficient (Wildman–Crippen LogP) is 2.20. The third kappa shape index (κ3) is 2.10. The summed E-state index contributed by atoms with van der Waals surface area (Å²) < 4.78 is 51.4. The van der Waals surface area contributed by atoms with E-state index in [1.54, 1.807) is 0 Å². The standard InChI is InChI=1S/C10H8F4O3/c1-2-4-6(10(16)17-14)5(3-15)8(12)9(13)7(4)11/h15H,2-3H2,1H3. The SMILES string of the molecule is CCc1c(F)c(F)c(F)c(CO)c1C(=O)OF. The topological polar surface area (TPSA) is 46.5 Å². The molecule has 94 valence electrons. The number of hydrogen-bond acceptors (Lipinski definition) is 3. The van der Waals surface area contributed by atoms with Crippen molar-refractivity contribution in [2.45, 2.75) is 20.0 Å². The van der Waals surface area contributed by atoms with Crippen LogP contribution in [0.1, 0.15) is 28.4 Å². The minimum atomic E-state index is -1.82. The predicted molar refractivity (Wildman–Crippen MR) is 48.1 cm³/mol.